The van der Waals surface area contributed by atoms with Crippen molar-refractivity contribution in [1.82, 2.24) is 20.0 Å². The minimum Gasteiger partial charge on any atom is -0.493 e. The molecule has 35 heavy (non-hydrogen) atoms. The van der Waals surface area contributed by atoms with Gasteiger partial charge in [-0.25, -0.2) is 9.49 Å². The number of aryl methyl sites for hydroxylation is 1. The van der Waals surface area contributed by atoms with Crippen LogP contribution in [0.15, 0.2) is 53.2 Å². The molecular weight excluding hydrogens is 447 g/mol. The second kappa shape index (κ2) is 8.81. The van der Waals surface area contributed by atoms with Crippen molar-refractivity contribution in [3.8, 4) is 22.9 Å². The van der Waals surface area contributed by atoms with Crippen molar-refractivity contribution in [2.75, 3.05) is 6.61 Å². The second-order valence-corrected chi connectivity index (χ2v) is 8.34. The summed E-state index contributed by atoms with van der Waals surface area (Å²) in [6.07, 6.45) is 3.11. The summed E-state index contributed by atoms with van der Waals surface area (Å²) >= 11 is 0. The largest absolute Gasteiger partial charge is 0.493 e. The van der Waals surface area contributed by atoms with Crippen molar-refractivity contribution in [3.63, 3.8) is 0 Å². The molecule has 5 rings (SSSR count). The van der Waals surface area contributed by atoms with Gasteiger partial charge >= 0.3 is 0 Å². The van der Waals surface area contributed by atoms with Gasteiger partial charge in [0.05, 0.1) is 47.5 Å². The number of aromatic nitrogens is 4. The van der Waals surface area contributed by atoms with Crippen LogP contribution in [-0.2, 0) is 13.6 Å². The third kappa shape index (κ3) is 3.59. The molecule has 0 spiro atoms. The zero-order chi connectivity index (χ0) is 24.7. The Morgan fingerprint density at radius 3 is 2.86 bits per heavy atom. The van der Waals surface area contributed by atoms with Crippen LogP contribution in [0.1, 0.15) is 41.3 Å². The van der Waals surface area contributed by atoms with Crippen molar-refractivity contribution in [2.24, 2.45) is 12.8 Å². The monoisotopic (exact) mass is 470 g/mol. The van der Waals surface area contributed by atoms with Gasteiger partial charge in [0.2, 0.25) is 0 Å². The van der Waals surface area contributed by atoms with Gasteiger partial charge in [-0.3, -0.25) is 9.48 Å². The van der Waals surface area contributed by atoms with Crippen LogP contribution in [0.5, 0.6) is 5.75 Å². The quantitative estimate of drug-likeness (QED) is 0.456. The number of benzene rings is 2. The van der Waals surface area contributed by atoms with Crippen LogP contribution in [0.4, 0.5) is 4.39 Å². The SMILES string of the molecule is CCOc1cc(-c2cnn(C)c2[C@@H]2C(F)=Cc3ccccc3[C@H]2C#N)cc2c(CN)n[nH]c(=O)c12. The highest BCUT2D eigenvalue weighted by molar-refractivity contribution is 5.94. The predicted octanol–water partition coefficient (Wildman–Crippen LogP) is 3.90. The van der Waals surface area contributed by atoms with Gasteiger partial charge in [-0.15, -0.1) is 0 Å². The summed E-state index contributed by atoms with van der Waals surface area (Å²) in [5.74, 6) is -1.63. The summed E-state index contributed by atoms with van der Waals surface area (Å²) in [7, 11) is 1.73. The molecule has 9 heteroatoms. The van der Waals surface area contributed by atoms with E-state index < -0.39 is 17.7 Å². The highest BCUT2D eigenvalue weighted by Gasteiger charge is 2.37. The number of fused-ring (bicyclic) bond motifs is 2. The van der Waals surface area contributed by atoms with E-state index in [1.54, 1.807) is 36.1 Å². The number of nitrogens with zero attached hydrogens (tertiary/aromatic N) is 4. The standard InChI is InChI=1S/C26H23FN6O2/c1-3-35-22-10-15(8-17-21(12-29)31-32-26(34)24(17)22)19-13-30-33(2)25(19)23-18(11-28)16-7-5-4-6-14(16)9-20(23)27/h4-10,13,18,23H,3,12,29H2,1-2H3,(H,32,34)/t18-,23+/m1/s1. The minimum atomic E-state index is -0.852. The average Bonchev–Trinajstić information content (AvgIpc) is 3.24. The topological polar surface area (TPSA) is 123 Å². The number of aromatic amines is 1. The first-order chi connectivity index (χ1) is 17.0. The first-order valence-corrected chi connectivity index (χ1v) is 11.2. The van der Waals surface area contributed by atoms with Gasteiger partial charge in [0.25, 0.3) is 5.56 Å². The molecule has 2 atom stereocenters. The zero-order valence-electron chi connectivity index (χ0n) is 19.2. The third-order valence-electron chi connectivity index (χ3n) is 6.41. The third-order valence-corrected chi connectivity index (χ3v) is 6.41. The van der Waals surface area contributed by atoms with Gasteiger partial charge < -0.3 is 10.5 Å². The molecule has 2 heterocycles. The summed E-state index contributed by atoms with van der Waals surface area (Å²) in [6.45, 7) is 2.27. The molecular formula is C26H23FN6O2. The zero-order valence-corrected chi connectivity index (χ0v) is 19.2. The van der Waals surface area contributed by atoms with Crippen LogP contribution in [0.2, 0.25) is 0 Å². The second-order valence-electron chi connectivity index (χ2n) is 8.34. The van der Waals surface area contributed by atoms with Gasteiger partial charge in [0, 0.05) is 24.5 Å². The van der Waals surface area contributed by atoms with E-state index in [-0.39, 0.29) is 12.1 Å². The van der Waals surface area contributed by atoms with E-state index in [0.717, 1.165) is 5.56 Å². The summed E-state index contributed by atoms with van der Waals surface area (Å²) in [5.41, 5.74) is 9.31. The fraction of sp³-hybridized carbons (Fsp3) is 0.231. The number of nitriles is 1. The lowest BCUT2D eigenvalue weighted by Gasteiger charge is -2.27. The van der Waals surface area contributed by atoms with Crippen molar-refractivity contribution in [1.29, 1.82) is 5.26 Å². The average molecular weight is 471 g/mol. The molecule has 3 N–H and O–H groups in total. The molecule has 1 aliphatic carbocycles. The van der Waals surface area contributed by atoms with E-state index in [1.165, 1.54) is 6.08 Å². The number of halogens is 1. The van der Waals surface area contributed by atoms with E-state index >= 15 is 4.39 Å². The number of nitrogens with two attached hydrogens (primary N) is 1. The van der Waals surface area contributed by atoms with Crippen molar-refractivity contribution in [2.45, 2.75) is 25.3 Å². The molecule has 2 aromatic carbocycles. The predicted molar refractivity (Wildman–Crippen MR) is 130 cm³/mol. The highest BCUT2D eigenvalue weighted by atomic mass is 19.1. The summed E-state index contributed by atoms with van der Waals surface area (Å²) in [4.78, 5) is 12.6. The van der Waals surface area contributed by atoms with Crippen LogP contribution in [0.3, 0.4) is 0 Å². The summed E-state index contributed by atoms with van der Waals surface area (Å²) in [6, 6.07) is 13.2. The Hall–Kier alpha value is -4.29. The highest BCUT2D eigenvalue weighted by Crippen LogP contribution is 2.47. The van der Waals surface area contributed by atoms with Crippen molar-refractivity contribution < 1.29 is 9.13 Å². The fourth-order valence-electron chi connectivity index (χ4n) is 4.87. The van der Waals surface area contributed by atoms with Gasteiger partial charge in [-0.05, 0) is 41.8 Å². The van der Waals surface area contributed by atoms with Crippen molar-refractivity contribution >= 4 is 16.8 Å². The summed E-state index contributed by atoms with van der Waals surface area (Å²) in [5, 5.41) is 21.9. The first kappa shape index (κ1) is 22.5. The van der Waals surface area contributed by atoms with Crippen LogP contribution in [0, 0.1) is 11.3 Å². The number of hydrogen-bond acceptors (Lipinski definition) is 6. The van der Waals surface area contributed by atoms with E-state index in [9.17, 15) is 10.1 Å². The lowest BCUT2D eigenvalue weighted by atomic mass is 9.76. The molecule has 0 unspecified atom stereocenters. The van der Waals surface area contributed by atoms with E-state index in [4.69, 9.17) is 10.5 Å². The Balaban J connectivity index is 1.76. The van der Waals surface area contributed by atoms with Gasteiger partial charge in [0.1, 0.15) is 11.6 Å². The lowest BCUT2D eigenvalue weighted by molar-refractivity contribution is 0.344. The Morgan fingerprint density at radius 2 is 2.11 bits per heavy atom. The molecule has 0 saturated heterocycles. The molecule has 0 saturated carbocycles. The van der Waals surface area contributed by atoms with E-state index in [0.29, 0.717) is 51.2 Å². The van der Waals surface area contributed by atoms with Crippen LogP contribution in [0.25, 0.3) is 28.0 Å². The van der Waals surface area contributed by atoms with Gasteiger partial charge in [-0.1, -0.05) is 24.3 Å². The van der Waals surface area contributed by atoms with E-state index in [1.807, 2.05) is 25.1 Å². The molecule has 0 radical (unpaired) electrons. The fourth-order valence-corrected chi connectivity index (χ4v) is 4.87. The maximum Gasteiger partial charge on any atom is 0.275 e. The molecule has 0 bridgehead atoms. The molecule has 1 aliphatic rings. The normalized spacial score (nSPS) is 17.1. The Kier molecular flexibility index (Phi) is 5.67. The Bertz CT molecular complexity index is 1580. The summed E-state index contributed by atoms with van der Waals surface area (Å²) < 4.78 is 23.0. The minimum absolute atomic E-state index is 0.107. The number of rotatable bonds is 5. The number of ether oxygens (including phenoxy) is 1. The maximum atomic E-state index is 15.6. The molecule has 0 fully saturated rings. The van der Waals surface area contributed by atoms with E-state index in [2.05, 4.69) is 21.4 Å². The molecule has 8 nitrogen and oxygen atoms in total. The molecule has 0 amide bonds. The number of hydrogen-bond donors (Lipinski definition) is 2. The molecule has 2 aromatic heterocycles. The van der Waals surface area contributed by atoms with Crippen LogP contribution in [-0.4, -0.2) is 26.6 Å². The Labute approximate surface area is 200 Å². The lowest BCUT2D eigenvalue weighted by Crippen LogP contribution is -2.19. The number of allylic oxidation sites excluding steroid dienone is 1. The molecule has 176 valence electrons. The Morgan fingerprint density at radius 1 is 1.31 bits per heavy atom. The number of H-pyrrole nitrogens is 1. The molecule has 0 aliphatic heterocycles. The van der Waals surface area contributed by atoms with Gasteiger partial charge in [-0.2, -0.15) is 15.5 Å². The smallest absolute Gasteiger partial charge is 0.275 e. The van der Waals surface area contributed by atoms with Crippen LogP contribution >= 0.6 is 0 Å². The van der Waals surface area contributed by atoms with Crippen LogP contribution < -0.4 is 16.0 Å². The van der Waals surface area contributed by atoms with Gasteiger partial charge in [0.15, 0.2) is 0 Å². The number of nitrogens with one attached hydrogen (secondary N) is 1. The molecule has 4 aromatic rings. The maximum absolute atomic E-state index is 15.6. The first-order valence-electron chi connectivity index (χ1n) is 11.2. The van der Waals surface area contributed by atoms with Crippen molar-refractivity contribution in [3.05, 3.63) is 81.3 Å².